The lowest BCUT2D eigenvalue weighted by atomic mass is 10.1. The van der Waals surface area contributed by atoms with Crippen molar-refractivity contribution in [1.29, 1.82) is 0 Å². The molecule has 0 N–H and O–H groups in total. The molecular formula is C11H19NO2. The van der Waals surface area contributed by atoms with Gasteiger partial charge in [0.2, 0.25) is 5.91 Å². The number of hydrogen-bond acceptors (Lipinski definition) is 2. The summed E-state index contributed by atoms with van der Waals surface area (Å²) in [7, 11) is 1.71. The largest absolute Gasteiger partial charge is 0.383 e. The van der Waals surface area contributed by atoms with E-state index in [1.54, 1.807) is 7.11 Å². The summed E-state index contributed by atoms with van der Waals surface area (Å²) in [5.74, 6) is 1.36. The molecular weight excluding hydrogens is 178 g/mol. The molecule has 1 aliphatic carbocycles. The maximum Gasteiger partial charge on any atom is 0.226 e. The number of rotatable bonds is 3. The molecule has 0 bridgehead atoms. The van der Waals surface area contributed by atoms with E-state index in [0.29, 0.717) is 30.4 Å². The second-order valence-electron chi connectivity index (χ2n) is 4.71. The lowest BCUT2D eigenvalue weighted by Gasteiger charge is -2.24. The fourth-order valence-electron chi connectivity index (χ4n) is 2.34. The molecule has 14 heavy (non-hydrogen) atoms. The van der Waals surface area contributed by atoms with Crippen molar-refractivity contribution in [2.24, 2.45) is 11.8 Å². The number of nitrogens with zero attached hydrogens (tertiary/aromatic N) is 1. The van der Waals surface area contributed by atoms with Gasteiger partial charge >= 0.3 is 0 Å². The summed E-state index contributed by atoms with van der Waals surface area (Å²) in [6, 6.07) is 0.336. The molecule has 0 radical (unpaired) electrons. The van der Waals surface area contributed by atoms with E-state index in [0.717, 1.165) is 25.8 Å². The number of amides is 1. The normalized spacial score (nSPS) is 32.3. The Bertz CT molecular complexity index is 225. The molecule has 2 rings (SSSR count). The Balaban J connectivity index is 1.96. The molecule has 2 atom stereocenters. The van der Waals surface area contributed by atoms with Crippen LogP contribution in [0.1, 0.15) is 26.2 Å². The van der Waals surface area contributed by atoms with Crippen LogP contribution in [0.2, 0.25) is 0 Å². The number of carbonyl (C=O) groups excluding carboxylic acids is 1. The van der Waals surface area contributed by atoms with Crippen LogP contribution in [-0.2, 0) is 9.53 Å². The molecule has 80 valence electrons. The molecule has 0 spiro atoms. The van der Waals surface area contributed by atoms with Crippen LogP contribution in [0.15, 0.2) is 0 Å². The molecule has 0 aromatic carbocycles. The summed E-state index contributed by atoms with van der Waals surface area (Å²) in [4.78, 5) is 14.0. The molecule has 1 aliphatic heterocycles. The standard InChI is InChI=1S/C11H19NO2/c1-8-5-10(7-14-2)12(6-8)11(13)9-3-4-9/h8-10H,3-7H2,1-2H3. The maximum atomic E-state index is 11.9. The Morgan fingerprint density at radius 1 is 1.50 bits per heavy atom. The van der Waals surface area contributed by atoms with Gasteiger partial charge in [0.15, 0.2) is 0 Å². The molecule has 1 saturated heterocycles. The molecule has 2 fully saturated rings. The molecule has 2 aliphatic rings. The van der Waals surface area contributed by atoms with Gasteiger partial charge < -0.3 is 9.64 Å². The van der Waals surface area contributed by atoms with Crippen LogP contribution in [0.5, 0.6) is 0 Å². The van der Waals surface area contributed by atoms with Crippen molar-refractivity contribution in [2.45, 2.75) is 32.2 Å². The van der Waals surface area contributed by atoms with E-state index in [1.807, 2.05) is 4.90 Å². The van der Waals surface area contributed by atoms with Crippen molar-refractivity contribution in [3.8, 4) is 0 Å². The molecule has 3 heteroatoms. The van der Waals surface area contributed by atoms with Crippen molar-refractivity contribution in [3.05, 3.63) is 0 Å². The molecule has 2 unspecified atom stereocenters. The first-order chi connectivity index (χ1) is 6.72. The second kappa shape index (κ2) is 3.89. The van der Waals surface area contributed by atoms with Gasteiger partial charge in [0, 0.05) is 19.6 Å². The zero-order chi connectivity index (χ0) is 10.1. The van der Waals surface area contributed by atoms with Crippen molar-refractivity contribution < 1.29 is 9.53 Å². The average molecular weight is 197 g/mol. The van der Waals surface area contributed by atoms with Crippen LogP contribution in [-0.4, -0.2) is 37.1 Å². The number of likely N-dealkylation sites (tertiary alicyclic amines) is 1. The summed E-state index contributed by atoms with van der Waals surface area (Å²) >= 11 is 0. The molecule has 0 aromatic heterocycles. The average Bonchev–Trinajstić information content (AvgIpc) is 2.91. The van der Waals surface area contributed by atoms with Crippen LogP contribution in [0.3, 0.4) is 0 Å². The zero-order valence-corrected chi connectivity index (χ0v) is 9.03. The minimum absolute atomic E-state index is 0.336. The van der Waals surface area contributed by atoms with Gasteiger partial charge in [-0.05, 0) is 25.2 Å². The Labute approximate surface area is 85.4 Å². The van der Waals surface area contributed by atoms with Crippen molar-refractivity contribution in [3.63, 3.8) is 0 Å². The highest BCUT2D eigenvalue weighted by Gasteiger charge is 2.40. The third-order valence-corrected chi connectivity index (χ3v) is 3.19. The maximum absolute atomic E-state index is 11.9. The summed E-state index contributed by atoms with van der Waals surface area (Å²) in [6.45, 7) is 3.84. The number of ether oxygens (including phenoxy) is 1. The van der Waals surface area contributed by atoms with Crippen LogP contribution < -0.4 is 0 Å². The van der Waals surface area contributed by atoms with Gasteiger partial charge in [-0.15, -0.1) is 0 Å². The van der Waals surface area contributed by atoms with E-state index >= 15 is 0 Å². The highest BCUT2D eigenvalue weighted by atomic mass is 16.5. The van der Waals surface area contributed by atoms with Gasteiger partial charge in [-0.2, -0.15) is 0 Å². The quantitative estimate of drug-likeness (QED) is 0.682. The van der Waals surface area contributed by atoms with E-state index in [4.69, 9.17) is 4.74 Å². The monoisotopic (exact) mass is 197 g/mol. The van der Waals surface area contributed by atoms with E-state index < -0.39 is 0 Å². The second-order valence-corrected chi connectivity index (χ2v) is 4.71. The van der Waals surface area contributed by atoms with E-state index in [9.17, 15) is 4.79 Å². The van der Waals surface area contributed by atoms with Crippen molar-refractivity contribution in [1.82, 2.24) is 4.90 Å². The smallest absolute Gasteiger partial charge is 0.226 e. The number of hydrogen-bond donors (Lipinski definition) is 0. The lowest BCUT2D eigenvalue weighted by molar-refractivity contribution is -0.134. The van der Waals surface area contributed by atoms with Gasteiger partial charge in [0.25, 0.3) is 0 Å². The Morgan fingerprint density at radius 2 is 2.21 bits per heavy atom. The Hall–Kier alpha value is -0.570. The van der Waals surface area contributed by atoms with Crippen molar-refractivity contribution >= 4 is 5.91 Å². The number of methoxy groups -OCH3 is 1. The minimum atomic E-state index is 0.336. The molecule has 0 aromatic rings. The fourth-order valence-corrected chi connectivity index (χ4v) is 2.34. The van der Waals surface area contributed by atoms with Gasteiger partial charge in [-0.25, -0.2) is 0 Å². The van der Waals surface area contributed by atoms with Gasteiger partial charge in [-0.3, -0.25) is 4.79 Å². The van der Waals surface area contributed by atoms with E-state index in [2.05, 4.69) is 6.92 Å². The van der Waals surface area contributed by atoms with Crippen LogP contribution in [0, 0.1) is 11.8 Å². The SMILES string of the molecule is COCC1CC(C)CN1C(=O)C1CC1. The summed E-state index contributed by atoms with van der Waals surface area (Å²) in [5, 5.41) is 0. The third-order valence-electron chi connectivity index (χ3n) is 3.19. The highest BCUT2D eigenvalue weighted by Crippen LogP contribution is 2.34. The van der Waals surface area contributed by atoms with Crippen LogP contribution in [0.4, 0.5) is 0 Å². The molecule has 3 nitrogen and oxygen atoms in total. The van der Waals surface area contributed by atoms with Gasteiger partial charge in [0.05, 0.1) is 12.6 Å². The first-order valence-corrected chi connectivity index (χ1v) is 5.51. The predicted molar refractivity (Wildman–Crippen MR) is 53.9 cm³/mol. The Morgan fingerprint density at radius 3 is 2.79 bits per heavy atom. The summed E-state index contributed by atoms with van der Waals surface area (Å²) < 4.78 is 5.16. The van der Waals surface area contributed by atoms with E-state index in [1.165, 1.54) is 0 Å². The first kappa shape index (κ1) is 9.97. The lowest BCUT2D eigenvalue weighted by Crippen LogP contribution is -2.39. The Kier molecular flexibility index (Phi) is 2.77. The predicted octanol–water partition coefficient (Wildman–Crippen LogP) is 1.28. The van der Waals surface area contributed by atoms with E-state index in [-0.39, 0.29) is 0 Å². The van der Waals surface area contributed by atoms with Crippen molar-refractivity contribution in [2.75, 3.05) is 20.3 Å². The fraction of sp³-hybridized carbons (Fsp3) is 0.909. The summed E-state index contributed by atoms with van der Waals surface area (Å²) in [5.41, 5.74) is 0. The van der Waals surface area contributed by atoms with Gasteiger partial charge in [-0.1, -0.05) is 6.92 Å². The van der Waals surface area contributed by atoms with Crippen LogP contribution in [0.25, 0.3) is 0 Å². The highest BCUT2D eigenvalue weighted by molar-refractivity contribution is 5.81. The minimum Gasteiger partial charge on any atom is -0.383 e. The van der Waals surface area contributed by atoms with Crippen LogP contribution >= 0.6 is 0 Å². The molecule has 1 amide bonds. The van der Waals surface area contributed by atoms with Gasteiger partial charge in [0.1, 0.15) is 0 Å². The zero-order valence-electron chi connectivity index (χ0n) is 9.03. The first-order valence-electron chi connectivity index (χ1n) is 5.51. The topological polar surface area (TPSA) is 29.5 Å². The molecule has 1 saturated carbocycles. The number of carbonyl (C=O) groups is 1. The third kappa shape index (κ3) is 1.92. The summed E-state index contributed by atoms with van der Waals surface area (Å²) in [6.07, 6.45) is 3.30. The molecule has 1 heterocycles.